The third-order valence-corrected chi connectivity index (χ3v) is 8.10. The zero-order valence-corrected chi connectivity index (χ0v) is 27.6. The highest BCUT2D eigenvalue weighted by Gasteiger charge is 2.55. The first-order valence-electron chi connectivity index (χ1n) is 15.3. The van der Waals surface area contributed by atoms with Crippen LogP contribution in [0.4, 0.5) is 16.4 Å². The van der Waals surface area contributed by atoms with Crippen LogP contribution < -0.4 is 14.8 Å². The fraction of sp³-hybridized carbons (Fsp3) is 0.516. The van der Waals surface area contributed by atoms with Crippen LogP contribution >= 0.6 is 11.6 Å². The number of carbonyl (C=O) groups excluding carboxylic acids is 1. The van der Waals surface area contributed by atoms with Crippen LogP contribution in [0.25, 0.3) is 11.1 Å². The molecule has 15 heteroatoms. The number of anilines is 2. The number of hydrogen-bond acceptors (Lipinski definition) is 11. The van der Waals surface area contributed by atoms with Crippen LogP contribution in [0, 0.1) is 5.41 Å². The molecule has 1 atom stereocenters. The number of aromatic nitrogens is 8. The molecule has 1 aromatic carbocycles. The summed E-state index contributed by atoms with van der Waals surface area (Å²) in [5.74, 6) is 1.44. The molecule has 1 aliphatic carbocycles. The van der Waals surface area contributed by atoms with Crippen LogP contribution in [0.1, 0.15) is 60.4 Å². The Morgan fingerprint density at radius 1 is 1.11 bits per heavy atom. The average Bonchev–Trinajstić information content (AvgIpc) is 3.57. The lowest BCUT2D eigenvalue weighted by molar-refractivity contribution is -0.0929. The normalized spacial score (nSPS) is 16.6. The Kier molecular flexibility index (Phi) is 8.49. The molecule has 1 spiro atoms. The molecule has 1 aliphatic heterocycles. The van der Waals surface area contributed by atoms with Crippen molar-refractivity contribution < 1.29 is 19.0 Å². The fourth-order valence-electron chi connectivity index (χ4n) is 5.78. The SMILES string of the molecule is CC(C)Oc1nn(C2CC3(C2)CN(C(=O)OC(C)(C)C)C3)cc1Nc1ncc(-c2ccc(Cl)c(OC(C)Cn3cnnn3)c2)cn1. The third kappa shape index (κ3) is 7.16. The summed E-state index contributed by atoms with van der Waals surface area (Å²) in [5, 5.41) is 19.7. The van der Waals surface area contributed by atoms with Gasteiger partial charge in [-0.3, -0.25) is 4.68 Å². The lowest BCUT2D eigenvalue weighted by atomic mass is 9.61. The third-order valence-electron chi connectivity index (χ3n) is 7.79. The molecule has 1 unspecified atom stereocenters. The largest absolute Gasteiger partial charge is 0.487 e. The number of rotatable bonds is 10. The van der Waals surface area contributed by atoms with E-state index in [2.05, 4.69) is 30.8 Å². The zero-order chi connectivity index (χ0) is 32.6. The van der Waals surface area contributed by atoms with Gasteiger partial charge in [0.15, 0.2) is 0 Å². The molecule has 0 bridgehead atoms. The van der Waals surface area contributed by atoms with E-state index in [4.69, 9.17) is 30.9 Å². The zero-order valence-electron chi connectivity index (χ0n) is 26.8. The molecule has 3 aromatic heterocycles. The van der Waals surface area contributed by atoms with Gasteiger partial charge in [0, 0.05) is 36.5 Å². The molecule has 4 aromatic rings. The first kappa shape index (κ1) is 31.5. The quantitative estimate of drug-likeness (QED) is 0.230. The Bertz CT molecular complexity index is 1660. The average molecular weight is 651 g/mol. The van der Waals surface area contributed by atoms with Crippen molar-refractivity contribution in [2.75, 3.05) is 18.4 Å². The molecule has 4 heterocycles. The maximum Gasteiger partial charge on any atom is 0.410 e. The molecule has 1 N–H and O–H groups in total. The monoisotopic (exact) mass is 650 g/mol. The number of benzene rings is 1. The van der Waals surface area contributed by atoms with E-state index in [0.29, 0.717) is 47.9 Å². The van der Waals surface area contributed by atoms with Crippen LogP contribution in [0.5, 0.6) is 11.6 Å². The predicted octanol–water partition coefficient (Wildman–Crippen LogP) is 5.55. The van der Waals surface area contributed by atoms with Crippen molar-refractivity contribution in [1.29, 1.82) is 0 Å². The number of hydrogen-bond donors (Lipinski definition) is 1. The lowest BCUT2D eigenvalue weighted by Crippen LogP contribution is -2.64. The minimum Gasteiger partial charge on any atom is -0.487 e. The molecule has 6 rings (SSSR count). The van der Waals surface area contributed by atoms with Crippen molar-refractivity contribution >= 4 is 29.3 Å². The lowest BCUT2D eigenvalue weighted by Gasteiger charge is -2.58. The van der Waals surface area contributed by atoms with Crippen molar-refractivity contribution in [2.24, 2.45) is 5.41 Å². The van der Waals surface area contributed by atoms with E-state index in [1.165, 1.54) is 6.33 Å². The maximum atomic E-state index is 12.4. The van der Waals surface area contributed by atoms with Crippen LogP contribution in [0.3, 0.4) is 0 Å². The number of ether oxygens (including phenoxy) is 3. The van der Waals surface area contributed by atoms with Crippen molar-refractivity contribution in [2.45, 2.75) is 84.8 Å². The molecular weight excluding hydrogens is 612 g/mol. The predicted molar refractivity (Wildman–Crippen MR) is 170 cm³/mol. The number of nitrogens with zero attached hydrogens (tertiary/aromatic N) is 9. The number of carbonyl (C=O) groups is 1. The summed E-state index contributed by atoms with van der Waals surface area (Å²) in [6, 6.07) is 5.76. The van der Waals surface area contributed by atoms with E-state index in [-0.39, 0.29) is 29.8 Å². The van der Waals surface area contributed by atoms with Gasteiger partial charge in [0.05, 0.1) is 29.9 Å². The Morgan fingerprint density at radius 3 is 2.50 bits per heavy atom. The van der Waals surface area contributed by atoms with Crippen LogP contribution in [-0.2, 0) is 11.3 Å². The second-order valence-electron chi connectivity index (χ2n) is 13.4. The van der Waals surface area contributed by atoms with Gasteiger partial charge in [-0.05, 0) is 82.5 Å². The van der Waals surface area contributed by atoms with Gasteiger partial charge < -0.3 is 24.4 Å². The molecule has 2 aliphatic rings. The topological polar surface area (TPSA) is 147 Å². The van der Waals surface area contributed by atoms with Crippen molar-refractivity contribution in [3.63, 3.8) is 0 Å². The summed E-state index contributed by atoms with van der Waals surface area (Å²) in [7, 11) is 0. The number of likely N-dealkylation sites (tertiary alicyclic amines) is 1. The molecule has 1 amide bonds. The maximum absolute atomic E-state index is 12.4. The summed E-state index contributed by atoms with van der Waals surface area (Å²) >= 11 is 6.43. The highest BCUT2D eigenvalue weighted by atomic mass is 35.5. The summed E-state index contributed by atoms with van der Waals surface area (Å²) in [6.07, 6.45) is 8.30. The molecule has 1 saturated carbocycles. The van der Waals surface area contributed by atoms with Crippen molar-refractivity contribution in [1.82, 2.24) is 44.9 Å². The van der Waals surface area contributed by atoms with Gasteiger partial charge in [0.1, 0.15) is 29.5 Å². The van der Waals surface area contributed by atoms with Gasteiger partial charge in [-0.15, -0.1) is 10.2 Å². The Morgan fingerprint density at radius 2 is 1.85 bits per heavy atom. The molecule has 244 valence electrons. The second-order valence-corrected chi connectivity index (χ2v) is 13.8. The number of tetrazole rings is 1. The Labute approximate surface area is 272 Å². The van der Waals surface area contributed by atoms with E-state index >= 15 is 0 Å². The first-order valence-corrected chi connectivity index (χ1v) is 15.7. The highest BCUT2D eigenvalue weighted by Crippen LogP contribution is 2.54. The molecular formula is C31H39ClN10O4. The van der Waals surface area contributed by atoms with E-state index in [1.54, 1.807) is 28.0 Å². The second kappa shape index (κ2) is 12.4. The molecule has 2 fully saturated rings. The number of amides is 1. The summed E-state index contributed by atoms with van der Waals surface area (Å²) in [6.45, 7) is 13.4. The summed E-state index contributed by atoms with van der Waals surface area (Å²) in [4.78, 5) is 23.3. The molecule has 46 heavy (non-hydrogen) atoms. The standard InChI is InChI=1S/C31H39ClN10O4/c1-19(2)44-27-25(15-42(37-27)23-10-31(11-23)16-40(17-31)29(43)46-30(4,5)6)36-28-33-12-22(13-34-28)21-7-8-24(32)26(9-21)45-20(3)14-41-18-35-38-39-41/h7-9,12-13,15,18-20,23H,10-11,14,16-17H2,1-6H3,(H,33,34,36). The van der Waals surface area contributed by atoms with E-state index in [9.17, 15) is 4.79 Å². The van der Waals surface area contributed by atoms with E-state index in [1.807, 2.05) is 64.6 Å². The fourth-order valence-corrected chi connectivity index (χ4v) is 5.94. The van der Waals surface area contributed by atoms with Gasteiger partial charge >= 0.3 is 6.09 Å². The summed E-state index contributed by atoms with van der Waals surface area (Å²) < 4.78 is 21.2. The van der Waals surface area contributed by atoms with Crippen LogP contribution in [0.2, 0.25) is 5.02 Å². The first-order chi connectivity index (χ1) is 21.8. The number of halogens is 1. The van der Waals surface area contributed by atoms with Gasteiger partial charge in [-0.25, -0.2) is 19.4 Å². The highest BCUT2D eigenvalue weighted by molar-refractivity contribution is 6.32. The van der Waals surface area contributed by atoms with E-state index < -0.39 is 5.60 Å². The van der Waals surface area contributed by atoms with Crippen LogP contribution in [0.15, 0.2) is 43.1 Å². The smallest absolute Gasteiger partial charge is 0.410 e. The van der Waals surface area contributed by atoms with Gasteiger partial charge in [0.2, 0.25) is 5.95 Å². The molecule has 14 nitrogen and oxygen atoms in total. The van der Waals surface area contributed by atoms with Gasteiger partial charge in [-0.2, -0.15) is 0 Å². The Balaban J connectivity index is 1.09. The Hall–Kier alpha value is -4.46. The van der Waals surface area contributed by atoms with Gasteiger partial charge in [-0.1, -0.05) is 17.7 Å². The van der Waals surface area contributed by atoms with Crippen molar-refractivity contribution in [3.8, 4) is 22.8 Å². The minimum absolute atomic E-state index is 0.0640. The molecule has 0 radical (unpaired) electrons. The van der Waals surface area contributed by atoms with E-state index in [0.717, 1.165) is 24.0 Å². The molecule has 1 saturated heterocycles. The summed E-state index contributed by atoms with van der Waals surface area (Å²) in [5.41, 5.74) is 1.97. The van der Waals surface area contributed by atoms with Crippen LogP contribution in [-0.4, -0.2) is 81.8 Å². The number of nitrogens with one attached hydrogen (secondary N) is 1. The van der Waals surface area contributed by atoms with Crippen molar-refractivity contribution in [3.05, 3.63) is 48.1 Å². The van der Waals surface area contributed by atoms with Gasteiger partial charge in [0.25, 0.3) is 5.88 Å². The minimum atomic E-state index is -0.497.